The first-order valence-electron chi connectivity index (χ1n) is 21.3. The normalized spacial score (nSPS) is 41.4. The highest BCUT2D eigenvalue weighted by atomic mass is 28.4. The molecule has 0 heterocycles. The molecule has 0 saturated heterocycles. The van der Waals surface area contributed by atoms with Crippen LogP contribution >= 0.6 is 0 Å². The topological polar surface area (TPSA) is 70.7 Å². The molecule has 5 saturated carbocycles. The summed E-state index contributed by atoms with van der Waals surface area (Å²) >= 11 is 0. The second kappa shape index (κ2) is 13.1. The summed E-state index contributed by atoms with van der Waals surface area (Å²) in [5.41, 5.74) is -0.366. The molecule has 1 unspecified atom stereocenters. The number of carbonyl (C=O) groups is 2. The lowest BCUT2D eigenvalue weighted by molar-refractivity contribution is -0.171. The lowest BCUT2D eigenvalue weighted by Gasteiger charge is -2.63. The number of ketones is 1. The molecule has 6 nitrogen and oxygen atoms in total. The Morgan fingerprint density at radius 2 is 1.46 bits per heavy atom. The van der Waals surface area contributed by atoms with E-state index in [-0.39, 0.29) is 56.1 Å². The minimum absolute atomic E-state index is 0.0354. The van der Waals surface area contributed by atoms with E-state index in [1.54, 1.807) is 0 Å². The summed E-state index contributed by atoms with van der Waals surface area (Å²) in [5.74, 6) is 1.85. The smallest absolute Gasteiger partial charge is 0.222 e. The predicted molar refractivity (Wildman–Crippen MR) is 227 cm³/mol. The minimum atomic E-state index is -2.05. The molecule has 300 valence electrons. The second-order valence-corrected chi connectivity index (χ2v) is 40.0. The Hall–Kier alpha value is -0.329. The molecule has 0 aromatic rings. The molecule has 0 aromatic carbocycles. The number of carbonyl (C=O) groups excluding carboxylic acids is 2. The number of amides is 1. The molecule has 11 atom stereocenters. The molecule has 0 radical (unpaired) electrons. The largest absolute Gasteiger partial charge is 0.414 e. The molecule has 5 fully saturated rings. The van der Waals surface area contributed by atoms with Crippen molar-refractivity contribution in [1.29, 1.82) is 0 Å². The highest BCUT2D eigenvalue weighted by Gasteiger charge is 2.86. The molecule has 5 aliphatic carbocycles. The third-order valence-electron chi connectivity index (χ3n) is 17.5. The first kappa shape index (κ1) is 42.8. The Kier molecular flexibility index (Phi) is 10.8. The van der Waals surface area contributed by atoms with Crippen LogP contribution in [0.25, 0.3) is 0 Å². The van der Waals surface area contributed by atoms with Crippen molar-refractivity contribution in [2.24, 2.45) is 50.7 Å². The highest BCUT2D eigenvalue weighted by Crippen LogP contribution is 2.88. The lowest BCUT2D eigenvalue weighted by Crippen LogP contribution is -2.68. The van der Waals surface area contributed by atoms with Crippen LogP contribution < -0.4 is 10.6 Å². The van der Waals surface area contributed by atoms with Gasteiger partial charge in [-0.3, -0.25) is 9.59 Å². The fourth-order valence-electron chi connectivity index (χ4n) is 13.9. The maximum atomic E-state index is 15.4. The van der Waals surface area contributed by atoms with Crippen LogP contribution in [0.15, 0.2) is 0 Å². The van der Waals surface area contributed by atoms with Crippen LogP contribution in [-0.2, 0) is 14.0 Å². The summed E-state index contributed by atoms with van der Waals surface area (Å²) in [6.07, 6.45) is 7.30. The number of hydrogen-bond donors (Lipinski definition) is 2. The molecular formula is C43H83N3O3Si3. The number of nitrogens with zero attached hydrogens (tertiary/aromatic N) is 1. The Labute approximate surface area is 324 Å². The van der Waals surface area contributed by atoms with E-state index in [2.05, 4.69) is 130 Å². The van der Waals surface area contributed by atoms with Gasteiger partial charge in [-0.25, -0.2) is 0 Å². The Morgan fingerprint density at radius 1 is 0.904 bits per heavy atom. The number of hydrogen-bond acceptors (Lipinski definition) is 5. The maximum absolute atomic E-state index is 15.4. The van der Waals surface area contributed by atoms with Crippen molar-refractivity contribution in [2.75, 3.05) is 20.6 Å². The first-order chi connectivity index (χ1) is 23.4. The molecule has 9 heteroatoms. The van der Waals surface area contributed by atoms with Gasteiger partial charge >= 0.3 is 0 Å². The SMILES string of the molecule is CC(C)C(=O)N[C@H]1CCC23C[C@]24C(=O)C[C@]2(C)[C@@H]([C@H](C)N(C)C)[C@H](O[Si](C)(C)C(C)(C)C)C[C@@]2(C)[C@@H]4CC[C@H]3[C@]1(C)CNC([Si](C)(C)C)[Si](C)(C)C. The van der Waals surface area contributed by atoms with Crippen LogP contribution in [0.5, 0.6) is 0 Å². The van der Waals surface area contributed by atoms with E-state index in [0.29, 0.717) is 41.3 Å². The van der Waals surface area contributed by atoms with Crippen molar-refractivity contribution in [1.82, 2.24) is 15.5 Å². The van der Waals surface area contributed by atoms with Crippen molar-refractivity contribution < 1.29 is 14.0 Å². The summed E-state index contributed by atoms with van der Waals surface area (Å²) in [5, 5.41) is 8.62. The number of nitrogens with one attached hydrogen (secondary N) is 2. The van der Waals surface area contributed by atoms with E-state index in [1.807, 2.05) is 13.8 Å². The Balaban J connectivity index is 1.56. The van der Waals surface area contributed by atoms with E-state index in [0.717, 1.165) is 45.1 Å². The van der Waals surface area contributed by atoms with Gasteiger partial charge in [0.25, 0.3) is 0 Å². The summed E-state index contributed by atoms with van der Waals surface area (Å²) < 4.78 is 7.51. The fourth-order valence-corrected chi connectivity index (χ4v) is 27.0. The van der Waals surface area contributed by atoms with Crippen LogP contribution in [0.2, 0.25) is 57.4 Å². The van der Waals surface area contributed by atoms with Crippen molar-refractivity contribution in [2.45, 2.75) is 188 Å². The van der Waals surface area contributed by atoms with Crippen molar-refractivity contribution in [3.05, 3.63) is 0 Å². The number of fused-ring (bicyclic) bond motifs is 2. The van der Waals surface area contributed by atoms with Gasteiger partial charge < -0.3 is 20.0 Å². The van der Waals surface area contributed by atoms with Gasteiger partial charge in [0, 0.05) is 47.7 Å². The minimum Gasteiger partial charge on any atom is -0.414 e. The van der Waals surface area contributed by atoms with E-state index >= 15 is 4.79 Å². The quantitative estimate of drug-likeness (QED) is 0.205. The van der Waals surface area contributed by atoms with E-state index in [9.17, 15) is 4.79 Å². The van der Waals surface area contributed by atoms with Gasteiger partial charge in [0.15, 0.2) is 8.32 Å². The second-order valence-electron chi connectivity index (χ2n) is 24.1. The zero-order chi connectivity index (χ0) is 39.6. The molecule has 0 aromatic heterocycles. The van der Waals surface area contributed by atoms with Crippen LogP contribution in [-0.4, -0.2) is 85.2 Å². The first-order valence-corrected chi connectivity index (χ1v) is 31.3. The summed E-state index contributed by atoms with van der Waals surface area (Å²) in [6.45, 7) is 42.1. The van der Waals surface area contributed by atoms with Crippen LogP contribution in [0.3, 0.4) is 0 Å². The summed E-state index contributed by atoms with van der Waals surface area (Å²) in [7, 11) is -0.609. The monoisotopic (exact) mass is 774 g/mol. The van der Waals surface area contributed by atoms with Gasteiger partial charge in [-0.05, 0) is 111 Å². The summed E-state index contributed by atoms with van der Waals surface area (Å²) in [4.78, 5) is 31.2. The van der Waals surface area contributed by atoms with Gasteiger partial charge in [-0.15, -0.1) is 0 Å². The third kappa shape index (κ3) is 6.30. The average Bonchev–Trinajstić information content (AvgIpc) is 3.60. The predicted octanol–water partition coefficient (Wildman–Crippen LogP) is 9.39. The van der Waals surface area contributed by atoms with Crippen LogP contribution in [0.1, 0.15) is 107 Å². The molecular weight excluding hydrogens is 691 g/mol. The summed E-state index contributed by atoms with van der Waals surface area (Å²) in [6, 6.07) is 0.454. The molecule has 1 amide bonds. The molecule has 5 rings (SSSR count). The molecule has 52 heavy (non-hydrogen) atoms. The van der Waals surface area contributed by atoms with Gasteiger partial charge in [0.2, 0.25) is 5.91 Å². The van der Waals surface area contributed by atoms with Crippen molar-refractivity contribution in [3.8, 4) is 0 Å². The zero-order valence-corrected chi connectivity index (χ0v) is 40.4. The highest BCUT2D eigenvalue weighted by molar-refractivity contribution is 6.96. The molecule has 2 spiro atoms. The van der Waals surface area contributed by atoms with E-state index < -0.39 is 24.5 Å². The average molecular weight is 774 g/mol. The molecule has 0 aliphatic heterocycles. The van der Waals surface area contributed by atoms with E-state index in [1.165, 1.54) is 0 Å². The maximum Gasteiger partial charge on any atom is 0.222 e. The van der Waals surface area contributed by atoms with E-state index in [4.69, 9.17) is 4.43 Å². The fraction of sp³-hybridized carbons (Fsp3) is 0.953. The van der Waals surface area contributed by atoms with Crippen molar-refractivity contribution >= 4 is 36.2 Å². The number of Topliss-reactive ketones (excluding diaryl/α,β-unsaturated/α-hetero) is 1. The standard InChI is InChI=1S/C43H83N3O3Si3/c1-28(2)36(48)45-33-22-23-42-26-43(42)32(21-20-31(42)39(33,7)27-44-37(50(12,13)14)51(15,16)17)40(8)24-30(49-52(18,19)38(4,5)6)35(29(3)46(10)11)41(40,9)25-34(43)47/h28-33,35,37,44H,20-27H2,1-19H3,(H,45,48)/t29-,30+,31-,32-,33-,35-,39-,40-,41+,42?,43-/m0/s1. The Morgan fingerprint density at radius 3 is 1.96 bits per heavy atom. The lowest BCUT2D eigenvalue weighted by atomic mass is 9.41. The van der Waals surface area contributed by atoms with Crippen LogP contribution in [0, 0.1) is 50.7 Å². The van der Waals surface area contributed by atoms with Gasteiger partial charge in [-0.2, -0.15) is 0 Å². The third-order valence-corrected chi connectivity index (χ3v) is 31.1. The van der Waals surface area contributed by atoms with Crippen molar-refractivity contribution in [3.63, 3.8) is 0 Å². The van der Waals surface area contributed by atoms with Gasteiger partial charge in [0.1, 0.15) is 5.78 Å². The molecule has 5 aliphatic rings. The molecule has 0 bridgehead atoms. The van der Waals surface area contributed by atoms with Gasteiger partial charge in [0.05, 0.1) is 22.3 Å². The van der Waals surface area contributed by atoms with Gasteiger partial charge in [-0.1, -0.05) is 94.7 Å². The molecule has 2 N–H and O–H groups in total. The number of rotatable bonds is 11. The Bertz CT molecular complexity index is 1380. The zero-order valence-electron chi connectivity index (χ0n) is 37.4. The van der Waals surface area contributed by atoms with Crippen LogP contribution in [0.4, 0.5) is 0 Å².